The number of rotatable bonds is 7. The van der Waals surface area contributed by atoms with Crippen LogP contribution in [0.15, 0.2) is 49.1 Å². The fraction of sp³-hybridized carbons (Fsp3) is 0.261. The summed E-state index contributed by atoms with van der Waals surface area (Å²) in [7, 11) is 1.45. The van der Waals surface area contributed by atoms with Crippen LogP contribution in [-0.4, -0.2) is 22.5 Å². The summed E-state index contributed by atoms with van der Waals surface area (Å²) in [6.07, 6.45) is 1.74. The van der Waals surface area contributed by atoms with Crippen LogP contribution in [0.5, 0.6) is 5.75 Å². The largest absolute Gasteiger partial charge is 0.495 e. The molecule has 2 aromatic carbocycles. The molecule has 1 heterocycles. The zero-order valence-electron chi connectivity index (χ0n) is 17.6. The lowest BCUT2D eigenvalue weighted by molar-refractivity contribution is -0.384. The smallest absolute Gasteiger partial charge is 0.272 e. The van der Waals surface area contributed by atoms with E-state index >= 15 is 0 Å². The van der Waals surface area contributed by atoms with Gasteiger partial charge in [0.15, 0.2) is 0 Å². The van der Waals surface area contributed by atoms with E-state index in [1.54, 1.807) is 6.08 Å². The lowest BCUT2D eigenvalue weighted by Gasteiger charge is -2.12. The van der Waals surface area contributed by atoms with Crippen LogP contribution in [0.4, 0.5) is 11.4 Å². The third kappa shape index (κ3) is 3.78. The predicted octanol–water partition coefficient (Wildman–Crippen LogP) is 5.43. The Bertz CT molecular complexity index is 1150. The van der Waals surface area contributed by atoms with Gasteiger partial charge in [0.25, 0.3) is 11.6 Å². The number of nitrogens with zero attached hydrogens (tertiary/aromatic N) is 2. The first-order valence-electron chi connectivity index (χ1n) is 9.65. The Morgan fingerprint density at radius 3 is 2.63 bits per heavy atom. The Labute approximate surface area is 175 Å². The van der Waals surface area contributed by atoms with Crippen molar-refractivity contribution in [2.24, 2.45) is 0 Å². The Morgan fingerprint density at radius 1 is 1.30 bits per heavy atom. The minimum absolute atomic E-state index is 0.129. The van der Waals surface area contributed by atoms with E-state index in [9.17, 15) is 14.9 Å². The third-order valence-electron chi connectivity index (χ3n) is 5.18. The summed E-state index contributed by atoms with van der Waals surface area (Å²) in [6.45, 7) is 10.4. The van der Waals surface area contributed by atoms with Crippen molar-refractivity contribution < 1.29 is 14.5 Å². The molecule has 0 radical (unpaired) electrons. The molecule has 30 heavy (non-hydrogen) atoms. The standard InChI is InChI=1S/C23H25N3O4/c1-6-11-25-20-9-7-16(14(2)3)12-18(20)15(4)22(25)23(27)24-19-13-17(26(28)29)8-10-21(19)30-5/h6-10,12-14H,1,11H2,2-5H3,(H,24,27). The van der Waals surface area contributed by atoms with Gasteiger partial charge in [-0.15, -0.1) is 6.58 Å². The van der Waals surface area contributed by atoms with Crippen molar-refractivity contribution in [3.05, 3.63) is 76.0 Å². The molecule has 0 aliphatic carbocycles. The highest BCUT2D eigenvalue weighted by atomic mass is 16.6. The molecule has 0 fully saturated rings. The number of aromatic nitrogens is 1. The van der Waals surface area contributed by atoms with Crippen molar-refractivity contribution in [3.63, 3.8) is 0 Å². The van der Waals surface area contributed by atoms with E-state index < -0.39 is 4.92 Å². The van der Waals surface area contributed by atoms with Crippen LogP contribution in [0.3, 0.4) is 0 Å². The molecule has 3 aromatic rings. The number of nitro benzene ring substituents is 1. The van der Waals surface area contributed by atoms with E-state index in [4.69, 9.17) is 4.74 Å². The maximum Gasteiger partial charge on any atom is 0.272 e. The monoisotopic (exact) mass is 407 g/mol. The number of hydrogen-bond acceptors (Lipinski definition) is 4. The third-order valence-corrected chi connectivity index (χ3v) is 5.18. The average Bonchev–Trinajstić information content (AvgIpc) is 2.99. The maximum absolute atomic E-state index is 13.3. The SMILES string of the molecule is C=CCn1c(C(=O)Nc2cc([N+](=O)[O-])ccc2OC)c(C)c2cc(C(C)C)ccc21. The van der Waals surface area contributed by atoms with E-state index in [0.717, 1.165) is 16.5 Å². The summed E-state index contributed by atoms with van der Waals surface area (Å²) >= 11 is 0. The number of aryl methyl sites for hydroxylation is 1. The zero-order chi connectivity index (χ0) is 22.0. The number of amides is 1. The first-order chi connectivity index (χ1) is 14.3. The highest BCUT2D eigenvalue weighted by Gasteiger charge is 2.22. The fourth-order valence-electron chi connectivity index (χ4n) is 3.60. The van der Waals surface area contributed by atoms with Gasteiger partial charge >= 0.3 is 0 Å². The number of anilines is 1. The van der Waals surface area contributed by atoms with E-state index in [2.05, 4.69) is 37.9 Å². The first kappa shape index (κ1) is 21.1. The van der Waals surface area contributed by atoms with Crippen LogP contribution in [0.2, 0.25) is 0 Å². The van der Waals surface area contributed by atoms with Crippen LogP contribution >= 0.6 is 0 Å². The second-order valence-corrected chi connectivity index (χ2v) is 7.40. The minimum Gasteiger partial charge on any atom is -0.495 e. The second kappa shape index (κ2) is 8.41. The number of methoxy groups -OCH3 is 1. The Balaban J connectivity index is 2.12. The van der Waals surface area contributed by atoms with Gasteiger partial charge in [0, 0.05) is 29.6 Å². The molecule has 0 bridgehead atoms. The van der Waals surface area contributed by atoms with Gasteiger partial charge in [0.1, 0.15) is 11.4 Å². The lowest BCUT2D eigenvalue weighted by Crippen LogP contribution is -2.18. The van der Waals surface area contributed by atoms with Gasteiger partial charge in [-0.3, -0.25) is 14.9 Å². The van der Waals surface area contributed by atoms with Gasteiger partial charge in [0.05, 0.1) is 17.7 Å². The summed E-state index contributed by atoms with van der Waals surface area (Å²) in [5.74, 6) is 0.346. The highest BCUT2D eigenvalue weighted by Crippen LogP contribution is 2.32. The molecule has 3 rings (SSSR count). The number of hydrogen-bond donors (Lipinski definition) is 1. The topological polar surface area (TPSA) is 86.4 Å². The van der Waals surface area contributed by atoms with Gasteiger partial charge in [-0.05, 0) is 42.2 Å². The van der Waals surface area contributed by atoms with Crippen molar-refractivity contribution in [1.82, 2.24) is 4.57 Å². The highest BCUT2D eigenvalue weighted by molar-refractivity contribution is 6.09. The van der Waals surface area contributed by atoms with Crippen molar-refractivity contribution in [1.29, 1.82) is 0 Å². The molecule has 0 saturated carbocycles. The van der Waals surface area contributed by atoms with Crippen LogP contribution in [0.1, 0.15) is 41.4 Å². The number of nitro groups is 1. The molecule has 1 aromatic heterocycles. The number of benzene rings is 2. The number of ether oxygens (including phenoxy) is 1. The van der Waals surface area contributed by atoms with Crippen molar-refractivity contribution in [2.75, 3.05) is 12.4 Å². The molecule has 7 heteroatoms. The zero-order valence-corrected chi connectivity index (χ0v) is 17.6. The predicted molar refractivity (Wildman–Crippen MR) is 119 cm³/mol. The van der Waals surface area contributed by atoms with E-state index in [1.165, 1.54) is 30.9 Å². The van der Waals surface area contributed by atoms with Crippen LogP contribution < -0.4 is 10.1 Å². The summed E-state index contributed by atoms with van der Waals surface area (Å²) in [6, 6.07) is 10.3. The molecule has 1 amide bonds. The molecule has 0 atom stereocenters. The number of carbonyl (C=O) groups is 1. The van der Waals surface area contributed by atoms with Crippen molar-refractivity contribution in [2.45, 2.75) is 33.2 Å². The number of nitrogens with one attached hydrogen (secondary N) is 1. The van der Waals surface area contributed by atoms with Crippen molar-refractivity contribution >= 4 is 28.2 Å². The Kier molecular flexibility index (Phi) is 5.91. The average molecular weight is 407 g/mol. The number of allylic oxidation sites excluding steroid dienone is 1. The van der Waals surface area contributed by atoms with Crippen LogP contribution in [0.25, 0.3) is 10.9 Å². The second-order valence-electron chi connectivity index (χ2n) is 7.40. The quantitative estimate of drug-likeness (QED) is 0.321. The lowest BCUT2D eigenvalue weighted by atomic mass is 10.0. The summed E-state index contributed by atoms with van der Waals surface area (Å²) < 4.78 is 7.17. The molecule has 0 aliphatic rings. The number of fused-ring (bicyclic) bond motifs is 1. The van der Waals surface area contributed by atoms with E-state index in [1.807, 2.05) is 17.6 Å². The maximum atomic E-state index is 13.3. The Morgan fingerprint density at radius 2 is 2.03 bits per heavy atom. The Hall–Kier alpha value is -3.61. The van der Waals surface area contributed by atoms with Crippen LogP contribution in [0, 0.1) is 17.0 Å². The summed E-state index contributed by atoms with van der Waals surface area (Å²) in [4.78, 5) is 23.9. The molecular weight excluding hydrogens is 382 g/mol. The van der Waals surface area contributed by atoms with Crippen LogP contribution in [-0.2, 0) is 6.54 Å². The molecule has 0 saturated heterocycles. The van der Waals surface area contributed by atoms with Gasteiger partial charge < -0.3 is 14.6 Å². The van der Waals surface area contributed by atoms with Gasteiger partial charge in [0.2, 0.25) is 0 Å². The molecular formula is C23H25N3O4. The van der Waals surface area contributed by atoms with E-state index in [-0.39, 0.29) is 17.3 Å². The van der Waals surface area contributed by atoms with Crippen molar-refractivity contribution in [3.8, 4) is 5.75 Å². The molecule has 156 valence electrons. The molecule has 0 spiro atoms. The first-order valence-corrected chi connectivity index (χ1v) is 9.65. The van der Waals surface area contributed by atoms with Gasteiger partial charge in [-0.1, -0.05) is 26.0 Å². The molecule has 0 aliphatic heterocycles. The van der Waals surface area contributed by atoms with Gasteiger partial charge in [-0.2, -0.15) is 0 Å². The van der Waals surface area contributed by atoms with E-state index in [0.29, 0.717) is 23.9 Å². The van der Waals surface area contributed by atoms with Gasteiger partial charge in [-0.25, -0.2) is 0 Å². The minimum atomic E-state index is -0.511. The summed E-state index contributed by atoms with van der Waals surface area (Å²) in [5.41, 5.74) is 3.57. The number of non-ortho nitro benzene ring substituents is 1. The molecule has 0 unspecified atom stereocenters. The summed E-state index contributed by atoms with van der Waals surface area (Å²) in [5, 5.41) is 14.9. The molecule has 1 N–H and O–H groups in total. The fourth-order valence-corrected chi connectivity index (χ4v) is 3.60. The molecule has 7 nitrogen and oxygen atoms in total. The number of carbonyl (C=O) groups excluding carboxylic acids is 1. The normalized spacial score (nSPS) is 11.0.